The van der Waals surface area contributed by atoms with E-state index in [4.69, 9.17) is 4.74 Å². The summed E-state index contributed by atoms with van der Waals surface area (Å²) in [6.07, 6.45) is -1.04. The number of cyclic esters (lactones) is 1. The average Bonchev–Trinajstić information content (AvgIpc) is 3.28. The van der Waals surface area contributed by atoms with Crippen molar-refractivity contribution in [3.63, 3.8) is 0 Å². The molecule has 1 aliphatic heterocycles. The van der Waals surface area contributed by atoms with E-state index in [-0.39, 0.29) is 36.1 Å². The molecule has 1 amide bonds. The van der Waals surface area contributed by atoms with Crippen molar-refractivity contribution >= 4 is 12.1 Å². The lowest BCUT2D eigenvalue weighted by Gasteiger charge is -2.38. The first-order chi connectivity index (χ1) is 17.6. The van der Waals surface area contributed by atoms with Gasteiger partial charge in [-0.2, -0.15) is 13.2 Å². The lowest BCUT2D eigenvalue weighted by atomic mass is 9.89. The number of carbonyl (C=O) groups excluding carboxylic acids is 1. The van der Waals surface area contributed by atoms with Gasteiger partial charge >= 0.3 is 23.9 Å². The maximum absolute atomic E-state index is 13.6. The van der Waals surface area contributed by atoms with Crippen LogP contribution in [0.25, 0.3) is 0 Å². The van der Waals surface area contributed by atoms with Gasteiger partial charge in [0.2, 0.25) is 0 Å². The summed E-state index contributed by atoms with van der Waals surface area (Å²) in [6.45, 7) is 0.970. The standard InChI is InChI=1S/C25H26F3N3O6/c26-25(27,28)19-4-1-3-17-16(19)9-10-20(17)31-21(32)18(22(33)34)13-30(23(31)35)15-7-5-14(6-8-15)29-11-2-12-37-24(29)36/h1,3-4,13-15,20H,2,5-12H2,(H,33,34)/t14-,15-,20?. The number of rotatable bonds is 4. The number of benzene rings is 1. The predicted molar refractivity (Wildman–Crippen MR) is 124 cm³/mol. The monoisotopic (exact) mass is 521 g/mol. The highest BCUT2D eigenvalue weighted by atomic mass is 19.4. The van der Waals surface area contributed by atoms with E-state index >= 15 is 0 Å². The maximum atomic E-state index is 13.6. The SMILES string of the molecule is O=C(O)c1cn([C@H]2CC[C@H](N3CCCOC3=O)CC2)c(=O)n(C2CCc3c2cccc3C(F)(F)F)c1=O. The van der Waals surface area contributed by atoms with Crippen LogP contribution in [-0.4, -0.2) is 50.4 Å². The molecule has 12 heteroatoms. The lowest BCUT2D eigenvalue weighted by Crippen LogP contribution is -2.48. The Morgan fingerprint density at radius 3 is 2.38 bits per heavy atom. The first-order valence-corrected chi connectivity index (χ1v) is 12.3. The Bertz CT molecular complexity index is 1360. The van der Waals surface area contributed by atoms with Crippen molar-refractivity contribution in [1.82, 2.24) is 14.0 Å². The Kier molecular flexibility index (Phi) is 6.36. The number of halogens is 3. The fourth-order valence-corrected chi connectivity index (χ4v) is 5.99. The molecule has 9 nitrogen and oxygen atoms in total. The molecule has 5 rings (SSSR count). The highest BCUT2D eigenvalue weighted by Crippen LogP contribution is 2.41. The Hall–Kier alpha value is -3.57. The van der Waals surface area contributed by atoms with E-state index < -0.39 is 46.6 Å². The van der Waals surface area contributed by atoms with Crippen LogP contribution in [0, 0.1) is 0 Å². The second-order valence-electron chi connectivity index (χ2n) is 9.76. The quantitative estimate of drug-likeness (QED) is 0.659. The molecule has 0 radical (unpaired) electrons. The molecule has 2 heterocycles. The van der Waals surface area contributed by atoms with Gasteiger partial charge in [0, 0.05) is 24.8 Å². The Balaban J connectivity index is 1.51. The van der Waals surface area contributed by atoms with Crippen LogP contribution >= 0.6 is 0 Å². The van der Waals surface area contributed by atoms with Gasteiger partial charge in [-0.15, -0.1) is 0 Å². The minimum atomic E-state index is -4.59. The van der Waals surface area contributed by atoms with E-state index in [1.165, 1.54) is 16.7 Å². The summed E-state index contributed by atoms with van der Waals surface area (Å²) in [5, 5.41) is 9.70. The topological polar surface area (TPSA) is 111 Å². The number of ether oxygens (including phenoxy) is 1. The second-order valence-corrected chi connectivity index (χ2v) is 9.76. The van der Waals surface area contributed by atoms with Crippen LogP contribution in [0.4, 0.5) is 18.0 Å². The highest BCUT2D eigenvalue weighted by molar-refractivity contribution is 5.86. The van der Waals surface area contributed by atoms with Crippen LogP contribution in [0.2, 0.25) is 0 Å². The number of carboxylic acid groups (broad SMARTS) is 1. The van der Waals surface area contributed by atoms with Crippen LogP contribution in [-0.2, 0) is 17.3 Å². The number of carboxylic acids is 1. The Labute approximate surface area is 209 Å². The van der Waals surface area contributed by atoms with Crippen LogP contribution in [0.15, 0.2) is 34.0 Å². The fourth-order valence-electron chi connectivity index (χ4n) is 5.99. The number of hydrogen-bond donors (Lipinski definition) is 1. The molecule has 37 heavy (non-hydrogen) atoms. The number of alkyl halides is 3. The molecule has 1 atom stereocenters. The number of carbonyl (C=O) groups is 2. The van der Waals surface area contributed by atoms with E-state index in [2.05, 4.69) is 0 Å². The zero-order valence-electron chi connectivity index (χ0n) is 19.9. The molecule has 1 aromatic heterocycles. The summed E-state index contributed by atoms with van der Waals surface area (Å²) in [6, 6.07) is 2.17. The summed E-state index contributed by atoms with van der Waals surface area (Å²) in [7, 11) is 0. The van der Waals surface area contributed by atoms with E-state index in [0.29, 0.717) is 38.8 Å². The van der Waals surface area contributed by atoms with E-state index in [0.717, 1.165) is 23.3 Å². The van der Waals surface area contributed by atoms with Gasteiger partial charge in [0.25, 0.3) is 5.56 Å². The van der Waals surface area contributed by atoms with Crippen LogP contribution < -0.4 is 11.2 Å². The highest BCUT2D eigenvalue weighted by Gasteiger charge is 2.39. The third kappa shape index (κ3) is 4.42. The smallest absolute Gasteiger partial charge is 0.416 e. The molecule has 2 aromatic rings. The summed E-state index contributed by atoms with van der Waals surface area (Å²) >= 11 is 0. The first-order valence-electron chi connectivity index (χ1n) is 12.3. The number of nitrogens with zero attached hydrogens (tertiary/aromatic N) is 3. The lowest BCUT2D eigenvalue weighted by molar-refractivity contribution is -0.138. The minimum Gasteiger partial charge on any atom is -0.477 e. The number of aromatic carboxylic acids is 1. The second kappa shape index (κ2) is 9.38. The molecule has 1 unspecified atom stereocenters. The molecule has 3 aliphatic rings. The third-order valence-electron chi connectivity index (χ3n) is 7.73. The molecule has 0 bridgehead atoms. The molecule has 2 fully saturated rings. The molecular weight excluding hydrogens is 495 g/mol. The molecule has 0 spiro atoms. The number of fused-ring (bicyclic) bond motifs is 1. The van der Waals surface area contributed by atoms with Crippen molar-refractivity contribution in [2.75, 3.05) is 13.2 Å². The maximum Gasteiger partial charge on any atom is 0.416 e. The molecule has 198 valence electrons. The van der Waals surface area contributed by atoms with E-state index in [1.807, 2.05) is 0 Å². The van der Waals surface area contributed by atoms with Gasteiger partial charge < -0.3 is 14.7 Å². The van der Waals surface area contributed by atoms with Gasteiger partial charge in [-0.05, 0) is 62.1 Å². The Morgan fingerprint density at radius 2 is 1.73 bits per heavy atom. The average molecular weight is 521 g/mol. The van der Waals surface area contributed by atoms with Crippen LogP contribution in [0.3, 0.4) is 0 Å². The largest absolute Gasteiger partial charge is 0.477 e. The third-order valence-corrected chi connectivity index (χ3v) is 7.73. The zero-order valence-corrected chi connectivity index (χ0v) is 19.9. The van der Waals surface area contributed by atoms with Crippen LogP contribution in [0.1, 0.15) is 77.7 Å². The van der Waals surface area contributed by atoms with Crippen molar-refractivity contribution < 1.29 is 32.6 Å². The molecule has 1 saturated heterocycles. The van der Waals surface area contributed by atoms with Crippen molar-refractivity contribution in [3.05, 3.63) is 67.5 Å². The van der Waals surface area contributed by atoms with Gasteiger partial charge in [0.05, 0.1) is 18.2 Å². The van der Waals surface area contributed by atoms with Crippen LogP contribution in [0.5, 0.6) is 0 Å². The van der Waals surface area contributed by atoms with Gasteiger partial charge in [0.15, 0.2) is 0 Å². The first kappa shape index (κ1) is 25.1. The van der Waals surface area contributed by atoms with Gasteiger partial charge in [-0.3, -0.25) is 13.9 Å². The van der Waals surface area contributed by atoms with Gasteiger partial charge in [-0.1, -0.05) is 12.1 Å². The predicted octanol–water partition coefficient (Wildman–Crippen LogP) is 3.59. The van der Waals surface area contributed by atoms with Crippen molar-refractivity contribution in [2.45, 2.75) is 69.2 Å². The summed E-state index contributed by atoms with van der Waals surface area (Å²) in [4.78, 5) is 52.4. The summed E-state index contributed by atoms with van der Waals surface area (Å²) in [5.41, 5.74) is -2.98. The van der Waals surface area contributed by atoms with Crippen molar-refractivity contribution in [1.29, 1.82) is 0 Å². The van der Waals surface area contributed by atoms with E-state index in [1.54, 1.807) is 4.90 Å². The number of amides is 1. The summed E-state index contributed by atoms with van der Waals surface area (Å²) in [5.74, 6) is -1.51. The Morgan fingerprint density at radius 1 is 1.03 bits per heavy atom. The van der Waals surface area contributed by atoms with Gasteiger partial charge in [-0.25, -0.2) is 14.4 Å². The molecule has 1 N–H and O–H groups in total. The number of aromatic nitrogens is 2. The molecule has 1 aromatic carbocycles. The van der Waals surface area contributed by atoms with Crippen molar-refractivity contribution in [3.8, 4) is 0 Å². The normalized spacial score (nSPS) is 24.0. The molecule has 2 aliphatic carbocycles. The zero-order chi connectivity index (χ0) is 26.5. The minimum absolute atomic E-state index is 0.00983. The summed E-state index contributed by atoms with van der Waals surface area (Å²) < 4.78 is 47.8. The van der Waals surface area contributed by atoms with E-state index in [9.17, 15) is 37.5 Å². The fraction of sp³-hybridized carbons (Fsp3) is 0.520. The van der Waals surface area contributed by atoms with Gasteiger partial charge in [0.1, 0.15) is 5.56 Å². The molecular formula is C25H26F3N3O6. The number of hydrogen-bond acceptors (Lipinski definition) is 5. The van der Waals surface area contributed by atoms with Crippen molar-refractivity contribution in [2.24, 2.45) is 0 Å². The molecule has 1 saturated carbocycles.